The molecule has 1 aromatic heterocycles. The average Bonchev–Trinajstić information content (AvgIpc) is 2.95. The zero-order valence-corrected chi connectivity index (χ0v) is 16.3. The van der Waals surface area contributed by atoms with Crippen molar-refractivity contribution in [2.75, 3.05) is 18.5 Å². The van der Waals surface area contributed by atoms with E-state index >= 15 is 0 Å². The molecule has 0 bridgehead atoms. The highest BCUT2D eigenvalue weighted by Gasteiger charge is 2.22. The Morgan fingerprint density at radius 3 is 2.65 bits per heavy atom. The molecule has 0 aliphatic rings. The third kappa shape index (κ3) is 5.51. The standard InChI is InChI=1S/C20H29N3O3/c1-6-25-17-11-8-7-10-15(17)23-19(24)21-13-9-12-16-14(2)22-18(26-16)20(3,4)5/h7-8,10-11H,6,9,12-13H2,1-5H3,(H2,21,23,24). The van der Waals surface area contributed by atoms with Crippen molar-refractivity contribution < 1.29 is 13.9 Å². The number of ether oxygens (including phenoxy) is 1. The van der Waals surface area contributed by atoms with E-state index in [-0.39, 0.29) is 11.4 Å². The minimum absolute atomic E-state index is 0.102. The smallest absolute Gasteiger partial charge is 0.319 e. The van der Waals surface area contributed by atoms with Crippen molar-refractivity contribution in [1.29, 1.82) is 0 Å². The van der Waals surface area contributed by atoms with Crippen LogP contribution in [-0.4, -0.2) is 24.2 Å². The number of aryl methyl sites for hydroxylation is 2. The van der Waals surface area contributed by atoms with Gasteiger partial charge in [0.2, 0.25) is 0 Å². The number of carbonyl (C=O) groups is 1. The van der Waals surface area contributed by atoms with Gasteiger partial charge >= 0.3 is 6.03 Å². The molecule has 0 spiro atoms. The fourth-order valence-corrected chi connectivity index (χ4v) is 2.45. The van der Waals surface area contributed by atoms with Gasteiger partial charge in [0.15, 0.2) is 5.89 Å². The number of benzene rings is 1. The lowest BCUT2D eigenvalue weighted by molar-refractivity contribution is 0.251. The molecule has 0 aliphatic carbocycles. The van der Waals surface area contributed by atoms with E-state index in [1.807, 2.05) is 38.1 Å². The molecular weight excluding hydrogens is 330 g/mol. The minimum Gasteiger partial charge on any atom is -0.492 e. The third-order valence-electron chi connectivity index (χ3n) is 3.84. The van der Waals surface area contributed by atoms with Crippen molar-refractivity contribution >= 4 is 11.7 Å². The van der Waals surface area contributed by atoms with E-state index in [9.17, 15) is 4.79 Å². The lowest BCUT2D eigenvalue weighted by Crippen LogP contribution is -2.30. The van der Waals surface area contributed by atoms with Crippen molar-refractivity contribution in [3.05, 3.63) is 41.6 Å². The number of anilines is 1. The van der Waals surface area contributed by atoms with E-state index in [0.717, 1.165) is 30.2 Å². The molecular formula is C20H29N3O3. The monoisotopic (exact) mass is 359 g/mol. The van der Waals surface area contributed by atoms with Crippen LogP contribution in [0.5, 0.6) is 5.75 Å². The van der Waals surface area contributed by atoms with E-state index in [2.05, 4.69) is 36.4 Å². The summed E-state index contributed by atoms with van der Waals surface area (Å²) < 4.78 is 11.4. The number of para-hydroxylation sites is 2. The van der Waals surface area contributed by atoms with Gasteiger partial charge in [-0.2, -0.15) is 0 Å². The van der Waals surface area contributed by atoms with Gasteiger partial charge in [0, 0.05) is 18.4 Å². The maximum atomic E-state index is 12.1. The number of urea groups is 1. The van der Waals surface area contributed by atoms with E-state index in [1.165, 1.54) is 0 Å². The van der Waals surface area contributed by atoms with Crippen molar-refractivity contribution in [3.8, 4) is 5.75 Å². The van der Waals surface area contributed by atoms with Crippen molar-refractivity contribution in [3.63, 3.8) is 0 Å². The Labute approximate surface area is 155 Å². The third-order valence-corrected chi connectivity index (χ3v) is 3.84. The number of rotatable bonds is 7. The maximum absolute atomic E-state index is 12.1. The van der Waals surface area contributed by atoms with E-state index < -0.39 is 0 Å². The van der Waals surface area contributed by atoms with Crippen LogP contribution in [0.25, 0.3) is 0 Å². The second-order valence-corrected chi connectivity index (χ2v) is 7.19. The molecule has 0 fully saturated rings. The minimum atomic E-state index is -0.248. The highest BCUT2D eigenvalue weighted by molar-refractivity contribution is 5.90. The van der Waals surface area contributed by atoms with Gasteiger partial charge in [-0.15, -0.1) is 0 Å². The van der Waals surface area contributed by atoms with Crippen LogP contribution in [0.2, 0.25) is 0 Å². The first-order valence-electron chi connectivity index (χ1n) is 9.04. The number of oxazole rings is 1. The number of amides is 2. The van der Waals surface area contributed by atoms with Crippen LogP contribution in [0.1, 0.15) is 51.5 Å². The Bertz CT molecular complexity index is 732. The van der Waals surface area contributed by atoms with Crippen molar-refractivity contribution in [1.82, 2.24) is 10.3 Å². The van der Waals surface area contributed by atoms with Gasteiger partial charge < -0.3 is 19.8 Å². The number of aromatic nitrogens is 1. The quantitative estimate of drug-likeness (QED) is 0.717. The van der Waals surface area contributed by atoms with Crippen LogP contribution in [0.3, 0.4) is 0 Å². The summed E-state index contributed by atoms with van der Waals surface area (Å²) in [6.07, 6.45) is 1.52. The number of nitrogens with zero attached hydrogens (tertiary/aromatic N) is 1. The van der Waals surface area contributed by atoms with Crippen molar-refractivity contribution in [2.24, 2.45) is 0 Å². The summed E-state index contributed by atoms with van der Waals surface area (Å²) in [6, 6.07) is 7.13. The molecule has 2 rings (SSSR count). The van der Waals surface area contributed by atoms with Gasteiger partial charge in [-0.1, -0.05) is 32.9 Å². The summed E-state index contributed by atoms with van der Waals surface area (Å²) in [7, 11) is 0. The predicted octanol–water partition coefficient (Wildman–Crippen LogP) is 4.43. The summed E-state index contributed by atoms with van der Waals surface area (Å²) in [5.74, 6) is 2.30. The molecule has 2 amide bonds. The molecule has 0 aliphatic heterocycles. The van der Waals surface area contributed by atoms with Crippen LogP contribution in [-0.2, 0) is 11.8 Å². The Balaban J connectivity index is 1.80. The topological polar surface area (TPSA) is 76.4 Å². The molecule has 1 heterocycles. The van der Waals surface area contributed by atoms with Gasteiger partial charge in [0.05, 0.1) is 18.0 Å². The van der Waals surface area contributed by atoms with E-state index in [1.54, 1.807) is 0 Å². The first-order valence-corrected chi connectivity index (χ1v) is 9.04. The first-order chi connectivity index (χ1) is 12.3. The SMILES string of the molecule is CCOc1ccccc1NC(=O)NCCCc1oc(C(C)(C)C)nc1C. The van der Waals surface area contributed by atoms with Gasteiger partial charge in [-0.3, -0.25) is 0 Å². The molecule has 2 N–H and O–H groups in total. The number of carbonyl (C=O) groups excluding carboxylic acids is 1. The molecule has 1 aromatic carbocycles. The molecule has 0 saturated carbocycles. The van der Waals surface area contributed by atoms with Gasteiger partial charge in [-0.25, -0.2) is 9.78 Å². The average molecular weight is 359 g/mol. The predicted molar refractivity (Wildman–Crippen MR) is 103 cm³/mol. The molecule has 0 radical (unpaired) electrons. The van der Waals surface area contributed by atoms with Crippen LogP contribution in [0.15, 0.2) is 28.7 Å². The molecule has 0 saturated heterocycles. The van der Waals surface area contributed by atoms with E-state index in [0.29, 0.717) is 24.6 Å². The summed E-state index contributed by atoms with van der Waals surface area (Å²) in [5.41, 5.74) is 1.48. The van der Waals surface area contributed by atoms with Crippen molar-refractivity contribution in [2.45, 2.75) is 52.9 Å². The Morgan fingerprint density at radius 1 is 1.27 bits per heavy atom. The summed E-state index contributed by atoms with van der Waals surface area (Å²) in [4.78, 5) is 16.6. The molecule has 2 aromatic rings. The van der Waals surface area contributed by atoms with E-state index in [4.69, 9.17) is 9.15 Å². The highest BCUT2D eigenvalue weighted by Crippen LogP contribution is 2.25. The Kier molecular flexibility index (Phi) is 6.66. The van der Waals surface area contributed by atoms with Gasteiger partial charge in [-0.05, 0) is 32.4 Å². The molecule has 0 unspecified atom stereocenters. The largest absolute Gasteiger partial charge is 0.492 e. The summed E-state index contributed by atoms with van der Waals surface area (Å²) in [5, 5.41) is 5.68. The van der Waals surface area contributed by atoms with Gasteiger partial charge in [0.1, 0.15) is 11.5 Å². The zero-order chi connectivity index (χ0) is 19.2. The first kappa shape index (κ1) is 19.8. The lowest BCUT2D eigenvalue weighted by Gasteiger charge is -2.12. The van der Waals surface area contributed by atoms with Gasteiger partial charge in [0.25, 0.3) is 0 Å². The fourth-order valence-electron chi connectivity index (χ4n) is 2.45. The zero-order valence-electron chi connectivity index (χ0n) is 16.3. The van der Waals surface area contributed by atoms with Crippen LogP contribution in [0.4, 0.5) is 10.5 Å². The molecule has 0 atom stereocenters. The summed E-state index contributed by atoms with van der Waals surface area (Å²) >= 11 is 0. The number of hydrogen-bond acceptors (Lipinski definition) is 4. The normalized spacial score (nSPS) is 11.3. The second kappa shape index (κ2) is 8.74. The van der Waals surface area contributed by atoms with Crippen LogP contribution >= 0.6 is 0 Å². The molecule has 26 heavy (non-hydrogen) atoms. The maximum Gasteiger partial charge on any atom is 0.319 e. The molecule has 6 heteroatoms. The lowest BCUT2D eigenvalue weighted by atomic mass is 9.97. The van der Waals surface area contributed by atoms with Crippen LogP contribution < -0.4 is 15.4 Å². The molecule has 6 nitrogen and oxygen atoms in total. The molecule has 142 valence electrons. The Morgan fingerprint density at radius 2 is 2.00 bits per heavy atom. The Hall–Kier alpha value is -2.50. The highest BCUT2D eigenvalue weighted by atomic mass is 16.5. The number of hydrogen-bond donors (Lipinski definition) is 2. The van der Waals surface area contributed by atoms with Crippen LogP contribution in [0, 0.1) is 6.92 Å². The fraction of sp³-hybridized carbons (Fsp3) is 0.500. The number of nitrogens with one attached hydrogen (secondary N) is 2. The summed E-state index contributed by atoms with van der Waals surface area (Å²) in [6.45, 7) is 11.2. The second-order valence-electron chi connectivity index (χ2n) is 7.19.